The van der Waals surface area contributed by atoms with Gasteiger partial charge in [-0.25, -0.2) is 0 Å². The van der Waals surface area contributed by atoms with E-state index in [4.69, 9.17) is 4.74 Å². The van der Waals surface area contributed by atoms with Crippen molar-refractivity contribution in [3.05, 3.63) is 77.9 Å². The Labute approximate surface area is 177 Å². The van der Waals surface area contributed by atoms with Crippen LogP contribution in [-0.2, 0) is 21.4 Å². The second-order valence-electron chi connectivity index (χ2n) is 7.96. The zero-order valence-corrected chi connectivity index (χ0v) is 17.7. The minimum atomic E-state index is -0.417. The lowest BCUT2D eigenvalue weighted by atomic mass is 9.82. The van der Waals surface area contributed by atoms with Gasteiger partial charge in [-0.05, 0) is 45.9 Å². The topological polar surface area (TPSA) is 67.4 Å². The van der Waals surface area contributed by atoms with Crippen molar-refractivity contribution in [2.75, 3.05) is 6.61 Å². The van der Waals surface area contributed by atoms with Crippen LogP contribution in [0.2, 0.25) is 0 Å². The fourth-order valence-corrected chi connectivity index (χ4v) is 3.19. The summed E-state index contributed by atoms with van der Waals surface area (Å²) >= 11 is 0. The number of nitrogens with one attached hydrogen (secondary N) is 2. The normalized spacial score (nSPS) is 11.2. The Morgan fingerprint density at radius 3 is 2.27 bits per heavy atom. The molecule has 0 aliphatic rings. The van der Waals surface area contributed by atoms with Crippen LogP contribution in [0, 0.1) is 0 Å². The molecule has 0 saturated heterocycles. The molecule has 2 amide bonds. The molecule has 0 aromatic heterocycles. The minimum absolute atomic E-state index is 0.101. The van der Waals surface area contributed by atoms with Gasteiger partial charge in [-0.1, -0.05) is 75.4 Å². The third-order valence-electron chi connectivity index (χ3n) is 5.46. The lowest BCUT2D eigenvalue weighted by Crippen LogP contribution is -2.44. The molecule has 0 heterocycles. The maximum Gasteiger partial charge on any atom is 0.276 e. The molecule has 0 saturated carbocycles. The zero-order valence-electron chi connectivity index (χ0n) is 17.7. The zero-order chi connectivity index (χ0) is 21.6. The van der Waals surface area contributed by atoms with Crippen molar-refractivity contribution in [3.63, 3.8) is 0 Å². The van der Waals surface area contributed by atoms with Crippen molar-refractivity contribution in [3.8, 4) is 5.75 Å². The number of amides is 2. The first-order valence-corrected chi connectivity index (χ1v) is 10.2. The summed E-state index contributed by atoms with van der Waals surface area (Å²) in [4.78, 5) is 24.2. The molecule has 0 aliphatic heterocycles. The van der Waals surface area contributed by atoms with Crippen LogP contribution in [0.1, 0.15) is 38.3 Å². The summed E-state index contributed by atoms with van der Waals surface area (Å²) < 4.78 is 5.51. The fourth-order valence-electron chi connectivity index (χ4n) is 3.19. The van der Waals surface area contributed by atoms with Gasteiger partial charge < -0.3 is 4.74 Å². The number of fused-ring (bicyclic) bond motifs is 1. The van der Waals surface area contributed by atoms with E-state index in [9.17, 15) is 9.59 Å². The SMILES string of the molecule is CCC(C)(C)c1ccc(OCC(=O)NNC(=O)Cc2cccc3ccccc23)cc1. The summed E-state index contributed by atoms with van der Waals surface area (Å²) in [6, 6.07) is 21.5. The van der Waals surface area contributed by atoms with E-state index in [2.05, 4.69) is 31.6 Å². The molecule has 2 N–H and O–H groups in total. The van der Waals surface area contributed by atoms with Gasteiger partial charge in [0, 0.05) is 0 Å². The first-order valence-electron chi connectivity index (χ1n) is 10.2. The van der Waals surface area contributed by atoms with Gasteiger partial charge >= 0.3 is 0 Å². The molecule has 3 rings (SSSR count). The Bertz CT molecular complexity index is 1020. The van der Waals surface area contributed by atoms with Crippen LogP contribution < -0.4 is 15.6 Å². The van der Waals surface area contributed by atoms with Gasteiger partial charge in [-0.15, -0.1) is 0 Å². The molecule has 0 spiro atoms. The molecule has 0 unspecified atom stereocenters. The standard InChI is InChI=1S/C25H28N2O3/c1-4-25(2,3)20-12-14-21(15-13-20)30-17-24(29)27-26-23(28)16-19-10-7-9-18-8-5-6-11-22(18)19/h5-15H,4,16-17H2,1-3H3,(H,26,28)(H,27,29). The minimum Gasteiger partial charge on any atom is -0.484 e. The molecular formula is C25H28N2O3. The van der Waals surface area contributed by atoms with Gasteiger partial charge in [0.25, 0.3) is 5.91 Å². The van der Waals surface area contributed by atoms with Gasteiger partial charge in [0.15, 0.2) is 6.61 Å². The lowest BCUT2D eigenvalue weighted by molar-refractivity contribution is -0.129. The van der Waals surface area contributed by atoms with Crippen LogP contribution in [-0.4, -0.2) is 18.4 Å². The summed E-state index contributed by atoms with van der Waals surface area (Å²) in [5.74, 6) is -0.0898. The number of carbonyl (C=O) groups is 2. The second kappa shape index (κ2) is 9.44. The number of hydrogen-bond acceptors (Lipinski definition) is 3. The van der Waals surface area contributed by atoms with E-state index in [-0.39, 0.29) is 24.3 Å². The fraction of sp³-hybridized carbons (Fsp3) is 0.280. The second-order valence-corrected chi connectivity index (χ2v) is 7.96. The Hall–Kier alpha value is -3.34. The maximum absolute atomic E-state index is 12.2. The number of hydrazine groups is 1. The van der Waals surface area contributed by atoms with Crippen molar-refractivity contribution in [2.45, 2.75) is 39.0 Å². The number of benzene rings is 3. The molecule has 0 radical (unpaired) electrons. The molecule has 0 aliphatic carbocycles. The van der Waals surface area contributed by atoms with Crippen LogP contribution in [0.25, 0.3) is 10.8 Å². The highest BCUT2D eigenvalue weighted by molar-refractivity contribution is 5.91. The van der Waals surface area contributed by atoms with Gasteiger partial charge in [0.05, 0.1) is 6.42 Å². The van der Waals surface area contributed by atoms with Crippen LogP contribution in [0.15, 0.2) is 66.7 Å². The van der Waals surface area contributed by atoms with Crippen LogP contribution in [0.4, 0.5) is 0 Å². The van der Waals surface area contributed by atoms with Gasteiger partial charge in [-0.3, -0.25) is 20.4 Å². The number of carbonyl (C=O) groups excluding carboxylic acids is 2. The summed E-state index contributed by atoms with van der Waals surface area (Å²) in [7, 11) is 0. The van der Waals surface area contributed by atoms with Gasteiger partial charge in [0.1, 0.15) is 5.75 Å². The number of rotatable bonds is 7. The quantitative estimate of drug-likeness (QED) is 0.577. The van der Waals surface area contributed by atoms with Crippen molar-refractivity contribution in [2.24, 2.45) is 0 Å². The molecular weight excluding hydrogens is 376 g/mol. The van der Waals surface area contributed by atoms with E-state index >= 15 is 0 Å². The maximum atomic E-state index is 12.2. The molecule has 0 fully saturated rings. The predicted octanol–water partition coefficient (Wildman–Crippen LogP) is 4.30. The van der Waals surface area contributed by atoms with E-state index in [0.29, 0.717) is 5.75 Å². The van der Waals surface area contributed by atoms with Crippen LogP contribution >= 0.6 is 0 Å². The van der Waals surface area contributed by atoms with Crippen molar-refractivity contribution in [1.82, 2.24) is 10.9 Å². The van der Waals surface area contributed by atoms with Crippen LogP contribution in [0.3, 0.4) is 0 Å². The third kappa shape index (κ3) is 5.38. The highest BCUT2D eigenvalue weighted by atomic mass is 16.5. The van der Waals surface area contributed by atoms with Gasteiger partial charge in [0.2, 0.25) is 5.91 Å². The van der Waals surface area contributed by atoms with E-state index in [1.54, 1.807) is 0 Å². The van der Waals surface area contributed by atoms with Crippen molar-refractivity contribution < 1.29 is 14.3 Å². The average Bonchev–Trinajstić information content (AvgIpc) is 2.77. The van der Waals surface area contributed by atoms with Gasteiger partial charge in [-0.2, -0.15) is 0 Å². The number of hydrogen-bond donors (Lipinski definition) is 2. The molecule has 5 heteroatoms. The molecule has 3 aromatic carbocycles. The summed E-state index contributed by atoms with van der Waals surface area (Å²) in [6.07, 6.45) is 1.21. The Morgan fingerprint density at radius 2 is 1.53 bits per heavy atom. The molecule has 30 heavy (non-hydrogen) atoms. The molecule has 0 bridgehead atoms. The third-order valence-corrected chi connectivity index (χ3v) is 5.46. The highest BCUT2D eigenvalue weighted by Gasteiger charge is 2.17. The van der Waals surface area contributed by atoms with Crippen molar-refractivity contribution >= 4 is 22.6 Å². The lowest BCUT2D eigenvalue weighted by Gasteiger charge is -2.23. The Morgan fingerprint density at radius 1 is 0.867 bits per heavy atom. The average molecular weight is 405 g/mol. The number of ether oxygens (including phenoxy) is 1. The van der Waals surface area contributed by atoms with E-state index < -0.39 is 5.91 Å². The predicted molar refractivity (Wildman–Crippen MR) is 119 cm³/mol. The Balaban J connectivity index is 1.47. The first kappa shape index (κ1) is 21.4. The van der Waals surface area contributed by atoms with E-state index in [1.807, 2.05) is 66.7 Å². The molecule has 156 valence electrons. The smallest absolute Gasteiger partial charge is 0.276 e. The van der Waals surface area contributed by atoms with E-state index in [0.717, 1.165) is 22.8 Å². The van der Waals surface area contributed by atoms with E-state index in [1.165, 1.54) is 5.56 Å². The van der Waals surface area contributed by atoms with Crippen LogP contribution in [0.5, 0.6) is 5.75 Å². The molecule has 3 aromatic rings. The Kier molecular flexibility index (Phi) is 6.72. The largest absolute Gasteiger partial charge is 0.484 e. The molecule has 0 atom stereocenters. The van der Waals surface area contributed by atoms with Crippen molar-refractivity contribution in [1.29, 1.82) is 0 Å². The first-order chi connectivity index (χ1) is 14.4. The molecule has 5 nitrogen and oxygen atoms in total. The monoisotopic (exact) mass is 404 g/mol. The summed E-state index contributed by atoms with van der Waals surface area (Å²) in [5, 5.41) is 2.10. The summed E-state index contributed by atoms with van der Waals surface area (Å²) in [5.41, 5.74) is 7.09. The summed E-state index contributed by atoms with van der Waals surface area (Å²) in [6.45, 7) is 6.36. The highest BCUT2D eigenvalue weighted by Crippen LogP contribution is 2.28.